The van der Waals surface area contributed by atoms with Gasteiger partial charge in [0, 0.05) is 33.5 Å². The molecule has 2 nitrogen and oxygen atoms in total. The summed E-state index contributed by atoms with van der Waals surface area (Å²) < 4.78 is 84.0. The molecule has 11 rings (SSSR count). The van der Waals surface area contributed by atoms with Crippen molar-refractivity contribution in [1.29, 1.82) is 0 Å². The lowest BCUT2D eigenvalue weighted by Crippen LogP contribution is -2.12. The van der Waals surface area contributed by atoms with Gasteiger partial charge in [-0.1, -0.05) is 133 Å². The normalized spacial score (nSPS) is 13.1. The van der Waals surface area contributed by atoms with Gasteiger partial charge in [0.15, 0.2) is 0 Å². The molecule has 0 aliphatic heterocycles. The van der Waals surface area contributed by atoms with Crippen LogP contribution in [0, 0.1) is 6.92 Å². The van der Waals surface area contributed by atoms with Gasteiger partial charge in [-0.25, -0.2) is 0 Å². The topological polar surface area (TPSA) is 6.48 Å². The van der Waals surface area contributed by atoms with Crippen molar-refractivity contribution in [3.63, 3.8) is 0 Å². The molecular weight excluding hydrogens is 875 g/mol. The van der Waals surface area contributed by atoms with Crippen LogP contribution in [0.4, 0.5) is 60.5 Å². The summed E-state index contributed by atoms with van der Waals surface area (Å²) in [6.45, 7) is 2.06. The molecule has 338 valence electrons. The summed E-state index contributed by atoms with van der Waals surface area (Å²) in [4.78, 5) is 4.06. The minimum atomic E-state index is -4.50. The Bertz CT molecular complexity index is 3650. The largest absolute Gasteiger partial charge is 0.416 e. The van der Waals surface area contributed by atoms with E-state index in [1.54, 1.807) is 0 Å². The van der Waals surface area contributed by atoms with Gasteiger partial charge in [0.1, 0.15) is 0 Å². The predicted molar refractivity (Wildman–Crippen MR) is 272 cm³/mol. The Kier molecular flexibility index (Phi) is 10.8. The second-order valence-corrected chi connectivity index (χ2v) is 17.5. The van der Waals surface area contributed by atoms with Crippen molar-refractivity contribution < 1.29 is 26.3 Å². The first-order valence-electron chi connectivity index (χ1n) is 22.8. The number of aryl methyl sites for hydroxylation is 1. The molecule has 0 saturated carbocycles. The lowest BCUT2D eigenvalue weighted by molar-refractivity contribution is -0.138. The quantitative estimate of drug-likeness (QED) is 0.111. The van der Waals surface area contributed by atoms with Gasteiger partial charge in [-0.3, -0.25) is 0 Å². The third-order valence-electron chi connectivity index (χ3n) is 13.1. The van der Waals surface area contributed by atoms with E-state index < -0.39 is 23.5 Å². The van der Waals surface area contributed by atoms with E-state index in [9.17, 15) is 26.3 Å². The first kappa shape index (κ1) is 43.5. The van der Waals surface area contributed by atoms with Crippen LogP contribution in [0.5, 0.6) is 0 Å². The van der Waals surface area contributed by atoms with Crippen LogP contribution in [0.2, 0.25) is 0 Å². The summed E-state index contributed by atoms with van der Waals surface area (Å²) in [7, 11) is 0. The third-order valence-corrected chi connectivity index (χ3v) is 13.1. The molecule has 0 unspecified atom stereocenters. The number of alkyl halides is 6. The smallest absolute Gasteiger partial charge is 0.310 e. The molecule has 1 aliphatic rings. The lowest BCUT2D eigenvalue weighted by atomic mass is 9.84. The zero-order chi connectivity index (χ0) is 47.4. The monoisotopic (exact) mass is 916 g/mol. The van der Waals surface area contributed by atoms with Crippen LogP contribution >= 0.6 is 0 Å². The van der Waals surface area contributed by atoms with E-state index in [1.807, 2.05) is 113 Å². The molecule has 0 fully saturated rings. The molecule has 0 amide bonds. The third kappa shape index (κ3) is 8.05. The number of anilines is 6. The van der Waals surface area contributed by atoms with E-state index in [0.717, 1.165) is 131 Å². The highest BCUT2D eigenvalue weighted by Crippen LogP contribution is 2.49. The summed E-state index contributed by atoms with van der Waals surface area (Å²) in [5.74, 6) is 0. The lowest BCUT2D eigenvalue weighted by Gasteiger charge is -2.29. The Hall–Kier alpha value is -8.10. The first-order valence-corrected chi connectivity index (χ1v) is 22.8. The first-order chi connectivity index (χ1) is 33.4. The van der Waals surface area contributed by atoms with Crippen LogP contribution in [-0.4, -0.2) is 0 Å². The minimum Gasteiger partial charge on any atom is -0.310 e. The van der Waals surface area contributed by atoms with Crippen LogP contribution < -0.4 is 9.80 Å². The number of fused-ring (bicyclic) bond motifs is 4. The van der Waals surface area contributed by atoms with Crippen LogP contribution in [0.1, 0.15) is 35.1 Å². The average molecular weight is 917 g/mol. The molecule has 1 aliphatic carbocycles. The molecule has 10 aromatic carbocycles. The molecule has 0 heterocycles. The zero-order valence-corrected chi connectivity index (χ0v) is 37.3. The van der Waals surface area contributed by atoms with Crippen molar-refractivity contribution in [2.24, 2.45) is 0 Å². The number of benzene rings is 10. The Morgan fingerprint density at radius 3 is 1.35 bits per heavy atom. The van der Waals surface area contributed by atoms with E-state index in [4.69, 9.17) is 0 Å². The highest BCUT2D eigenvalue weighted by atomic mass is 19.4. The summed E-state index contributed by atoms with van der Waals surface area (Å²) >= 11 is 0. The number of hydrogen-bond donors (Lipinski definition) is 0. The average Bonchev–Trinajstić information content (AvgIpc) is 3.36. The van der Waals surface area contributed by atoms with E-state index in [2.05, 4.69) is 67.6 Å². The van der Waals surface area contributed by atoms with Gasteiger partial charge in [-0.05, 0) is 159 Å². The van der Waals surface area contributed by atoms with Gasteiger partial charge < -0.3 is 9.80 Å². The molecule has 0 bridgehead atoms. The molecule has 0 spiro atoms. The van der Waals surface area contributed by atoms with Crippen LogP contribution in [0.15, 0.2) is 212 Å². The maximum atomic E-state index is 14.0. The van der Waals surface area contributed by atoms with Gasteiger partial charge >= 0.3 is 12.4 Å². The second kappa shape index (κ2) is 17.2. The Morgan fingerprint density at radius 1 is 0.391 bits per heavy atom. The van der Waals surface area contributed by atoms with Crippen LogP contribution in [0.3, 0.4) is 0 Å². The van der Waals surface area contributed by atoms with Crippen LogP contribution in [-0.2, 0) is 12.4 Å². The van der Waals surface area contributed by atoms with Gasteiger partial charge in [-0.15, -0.1) is 0 Å². The number of halogens is 6. The Labute approximate surface area is 395 Å². The van der Waals surface area contributed by atoms with Gasteiger partial charge in [0.05, 0.1) is 22.5 Å². The van der Waals surface area contributed by atoms with Gasteiger partial charge in [0.2, 0.25) is 0 Å². The Balaban J connectivity index is 1.21. The fourth-order valence-corrected chi connectivity index (χ4v) is 9.96. The van der Waals surface area contributed by atoms with Crippen LogP contribution in [0.25, 0.3) is 59.8 Å². The fourth-order valence-electron chi connectivity index (χ4n) is 9.96. The number of hydrogen-bond acceptors (Lipinski definition) is 2. The molecule has 69 heavy (non-hydrogen) atoms. The molecule has 0 aromatic heterocycles. The molecule has 8 heteroatoms. The van der Waals surface area contributed by atoms with E-state index in [-0.39, 0.29) is 0 Å². The molecular formula is C61H42F6N2. The van der Waals surface area contributed by atoms with Crippen molar-refractivity contribution in [2.45, 2.75) is 32.1 Å². The molecule has 0 radical (unpaired) electrons. The van der Waals surface area contributed by atoms with Gasteiger partial charge in [-0.2, -0.15) is 26.3 Å². The summed E-state index contributed by atoms with van der Waals surface area (Å²) in [5, 5.41) is 7.67. The van der Waals surface area contributed by atoms with E-state index >= 15 is 0 Å². The SMILES string of the molecule is Cc1cccc(-c2c3ccc(N(c4ccc(C(F)(F)F)cc4)c4cccc5ccccc45)cc3c(C3=CCCC=C3)c3ccc(N(c4ccc(C(F)(F)F)cc4)c4cccc5ccccc45)cc23)c1. The van der Waals surface area contributed by atoms with E-state index in [0.29, 0.717) is 11.4 Å². The number of nitrogens with zero attached hydrogens (tertiary/aromatic N) is 2. The van der Waals surface area contributed by atoms with Crippen molar-refractivity contribution >= 4 is 82.8 Å². The predicted octanol–water partition coefficient (Wildman–Crippen LogP) is 19.0. The summed E-state index contributed by atoms with van der Waals surface area (Å²) in [5.41, 5.74) is 7.86. The molecule has 0 atom stereocenters. The second-order valence-electron chi connectivity index (χ2n) is 17.5. The highest BCUT2D eigenvalue weighted by molar-refractivity contribution is 6.21. The number of allylic oxidation sites excluding steroid dienone is 4. The molecule has 0 saturated heterocycles. The van der Waals surface area contributed by atoms with Crippen molar-refractivity contribution in [3.8, 4) is 11.1 Å². The van der Waals surface area contributed by atoms with Gasteiger partial charge in [0.25, 0.3) is 0 Å². The van der Waals surface area contributed by atoms with Crippen molar-refractivity contribution in [3.05, 3.63) is 235 Å². The van der Waals surface area contributed by atoms with E-state index in [1.165, 1.54) is 24.3 Å². The van der Waals surface area contributed by atoms with Crippen molar-refractivity contribution in [1.82, 2.24) is 0 Å². The minimum absolute atomic E-state index is 0.566. The summed E-state index contributed by atoms with van der Waals surface area (Å²) in [6.07, 6.45) is -0.681. The number of rotatable bonds is 8. The maximum Gasteiger partial charge on any atom is 0.416 e. The fraction of sp³-hybridized carbons (Fsp3) is 0.0820. The zero-order valence-electron chi connectivity index (χ0n) is 37.3. The highest BCUT2D eigenvalue weighted by Gasteiger charge is 2.32. The van der Waals surface area contributed by atoms with Crippen molar-refractivity contribution in [2.75, 3.05) is 9.80 Å². The molecule has 0 N–H and O–H groups in total. The Morgan fingerprint density at radius 2 is 0.855 bits per heavy atom. The maximum absolute atomic E-state index is 14.0. The summed E-state index contributed by atoms with van der Waals surface area (Å²) in [6, 6.07) is 59.6. The standard InChI is InChI=1S/C61H42F6N2/c1-39-12-9-19-43(36-39)59-53-35-33-48(68(46-28-24-44(25-29-46)60(62,63)64)56-22-10-17-40-13-5-7-20-50(40)56)37-54(53)58(42-15-3-2-4-16-42)52-34-32-49(38-55(52)59)69(47-30-26-45(27-31-47)61(65,66)67)57-23-11-18-41-14-6-8-21-51(41)57/h3,5-38H,2,4H2,1H3. The molecule has 10 aromatic rings.